The number of aromatic nitrogens is 2. The number of thiophene rings is 1. The summed E-state index contributed by atoms with van der Waals surface area (Å²) in [6, 6.07) is 11.8. The quantitative estimate of drug-likeness (QED) is 0.783. The van der Waals surface area contributed by atoms with E-state index in [0.29, 0.717) is 6.42 Å². The highest BCUT2D eigenvalue weighted by Crippen LogP contribution is 2.29. The molecule has 1 aliphatic rings. The van der Waals surface area contributed by atoms with Gasteiger partial charge in [-0.1, -0.05) is 30.0 Å². The van der Waals surface area contributed by atoms with Crippen molar-refractivity contribution in [1.82, 2.24) is 9.55 Å². The normalized spacial score (nSPS) is 13.0. The van der Waals surface area contributed by atoms with Crippen molar-refractivity contribution < 1.29 is 4.79 Å². The van der Waals surface area contributed by atoms with E-state index < -0.39 is 0 Å². The number of hydrogen-bond acceptors (Lipinski definition) is 4. The van der Waals surface area contributed by atoms with Crippen LogP contribution in [0.3, 0.4) is 0 Å². The SMILES string of the molecule is O=C(Cc1cccs1)Nc1cccc(-c2cn3c(n2)SCC3)c1. The van der Waals surface area contributed by atoms with E-state index in [1.807, 2.05) is 41.8 Å². The number of carbonyl (C=O) groups excluding carboxylic acids is 1. The molecule has 2 aromatic heterocycles. The molecule has 0 radical (unpaired) electrons. The lowest BCUT2D eigenvalue weighted by atomic mass is 10.1. The van der Waals surface area contributed by atoms with Crippen LogP contribution in [0.25, 0.3) is 11.3 Å². The van der Waals surface area contributed by atoms with E-state index in [0.717, 1.165) is 39.3 Å². The molecule has 0 atom stereocenters. The minimum Gasteiger partial charge on any atom is -0.326 e. The summed E-state index contributed by atoms with van der Waals surface area (Å²) in [6.45, 7) is 1.02. The highest BCUT2D eigenvalue weighted by molar-refractivity contribution is 7.99. The fourth-order valence-electron chi connectivity index (χ4n) is 2.58. The minimum absolute atomic E-state index is 0.00694. The van der Waals surface area contributed by atoms with Gasteiger partial charge in [-0.3, -0.25) is 4.79 Å². The number of thioether (sulfide) groups is 1. The topological polar surface area (TPSA) is 46.9 Å². The maximum absolute atomic E-state index is 12.1. The summed E-state index contributed by atoms with van der Waals surface area (Å²) < 4.78 is 2.18. The highest BCUT2D eigenvalue weighted by atomic mass is 32.2. The lowest BCUT2D eigenvalue weighted by molar-refractivity contribution is -0.115. The van der Waals surface area contributed by atoms with Gasteiger partial charge in [0.05, 0.1) is 12.1 Å². The smallest absolute Gasteiger partial charge is 0.229 e. The van der Waals surface area contributed by atoms with Crippen LogP contribution in [-0.4, -0.2) is 21.2 Å². The molecule has 0 fully saturated rings. The third-order valence-electron chi connectivity index (χ3n) is 3.66. The molecule has 0 aliphatic carbocycles. The van der Waals surface area contributed by atoms with Crippen LogP contribution >= 0.6 is 23.1 Å². The molecule has 1 amide bonds. The number of fused-ring (bicyclic) bond motifs is 1. The number of hydrogen-bond donors (Lipinski definition) is 1. The van der Waals surface area contributed by atoms with E-state index in [1.165, 1.54) is 0 Å². The number of benzene rings is 1. The second-order valence-electron chi connectivity index (χ2n) is 5.34. The molecule has 3 heterocycles. The van der Waals surface area contributed by atoms with Gasteiger partial charge in [-0.2, -0.15) is 0 Å². The van der Waals surface area contributed by atoms with Crippen LogP contribution < -0.4 is 5.32 Å². The molecule has 6 heteroatoms. The number of carbonyl (C=O) groups is 1. The molecule has 0 saturated heterocycles. The average molecular weight is 341 g/mol. The predicted octanol–water partition coefficient (Wildman–Crippen LogP) is 3.90. The van der Waals surface area contributed by atoms with Gasteiger partial charge >= 0.3 is 0 Å². The lowest BCUT2D eigenvalue weighted by Crippen LogP contribution is -2.13. The maximum Gasteiger partial charge on any atom is 0.229 e. The molecule has 23 heavy (non-hydrogen) atoms. The summed E-state index contributed by atoms with van der Waals surface area (Å²) in [5.41, 5.74) is 2.80. The summed E-state index contributed by atoms with van der Waals surface area (Å²) in [5, 5.41) is 6.03. The molecule has 1 aromatic carbocycles. The third-order valence-corrected chi connectivity index (χ3v) is 5.51. The van der Waals surface area contributed by atoms with Gasteiger partial charge in [0, 0.05) is 34.6 Å². The number of nitrogens with zero attached hydrogens (tertiary/aromatic N) is 2. The van der Waals surface area contributed by atoms with E-state index in [1.54, 1.807) is 23.1 Å². The van der Waals surface area contributed by atoms with Crippen molar-refractivity contribution in [2.45, 2.75) is 18.1 Å². The molecular formula is C17H15N3OS2. The predicted molar refractivity (Wildman–Crippen MR) is 95.0 cm³/mol. The fraction of sp³-hybridized carbons (Fsp3) is 0.176. The van der Waals surface area contributed by atoms with Crippen LogP contribution in [-0.2, 0) is 17.8 Å². The van der Waals surface area contributed by atoms with E-state index in [2.05, 4.69) is 21.1 Å². The molecule has 1 aliphatic heterocycles. The Morgan fingerprint density at radius 2 is 2.26 bits per heavy atom. The standard InChI is InChI=1S/C17H15N3OS2/c21-16(10-14-5-2-7-22-14)18-13-4-1-3-12(9-13)15-11-20-6-8-23-17(20)19-15/h1-5,7,9,11H,6,8,10H2,(H,18,21). The molecule has 116 valence electrons. The summed E-state index contributed by atoms with van der Waals surface area (Å²) in [4.78, 5) is 17.8. The number of amides is 1. The van der Waals surface area contributed by atoms with Gasteiger partial charge in [0.2, 0.25) is 5.91 Å². The molecule has 0 bridgehead atoms. The zero-order chi connectivity index (χ0) is 15.6. The Balaban J connectivity index is 1.50. The average Bonchev–Trinajstić information content (AvgIpc) is 3.23. The molecule has 0 unspecified atom stereocenters. The maximum atomic E-state index is 12.1. The Labute approximate surface area is 142 Å². The molecule has 1 N–H and O–H groups in total. The first-order valence-electron chi connectivity index (χ1n) is 7.40. The van der Waals surface area contributed by atoms with Crippen molar-refractivity contribution in [2.75, 3.05) is 11.1 Å². The van der Waals surface area contributed by atoms with Crippen LogP contribution in [0.5, 0.6) is 0 Å². The van der Waals surface area contributed by atoms with Crippen LogP contribution in [0.15, 0.2) is 53.1 Å². The Kier molecular flexibility index (Phi) is 3.93. The number of anilines is 1. The van der Waals surface area contributed by atoms with E-state index >= 15 is 0 Å². The largest absolute Gasteiger partial charge is 0.326 e. The van der Waals surface area contributed by atoms with E-state index in [9.17, 15) is 4.79 Å². The van der Waals surface area contributed by atoms with Crippen molar-refractivity contribution in [3.05, 3.63) is 52.9 Å². The van der Waals surface area contributed by atoms with Gasteiger partial charge in [0.1, 0.15) is 0 Å². The highest BCUT2D eigenvalue weighted by Gasteiger charge is 2.15. The monoisotopic (exact) mass is 341 g/mol. The Morgan fingerprint density at radius 1 is 1.30 bits per heavy atom. The van der Waals surface area contributed by atoms with Gasteiger partial charge in [0.15, 0.2) is 5.16 Å². The minimum atomic E-state index is 0.00694. The molecular weight excluding hydrogens is 326 g/mol. The first-order valence-corrected chi connectivity index (χ1v) is 9.27. The van der Waals surface area contributed by atoms with Crippen molar-refractivity contribution >= 4 is 34.7 Å². The van der Waals surface area contributed by atoms with E-state index in [4.69, 9.17) is 0 Å². The molecule has 0 saturated carbocycles. The summed E-state index contributed by atoms with van der Waals surface area (Å²) >= 11 is 3.38. The summed E-state index contributed by atoms with van der Waals surface area (Å²) in [7, 11) is 0. The first kappa shape index (κ1) is 14.5. The van der Waals surface area contributed by atoms with Crippen LogP contribution in [0.1, 0.15) is 4.88 Å². The second-order valence-corrected chi connectivity index (χ2v) is 7.43. The van der Waals surface area contributed by atoms with Gasteiger partial charge in [0.25, 0.3) is 0 Å². The number of nitrogens with one attached hydrogen (secondary N) is 1. The lowest BCUT2D eigenvalue weighted by Gasteiger charge is -2.06. The Morgan fingerprint density at radius 3 is 3.09 bits per heavy atom. The zero-order valence-corrected chi connectivity index (χ0v) is 14.0. The Bertz CT molecular complexity index is 818. The van der Waals surface area contributed by atoms with Gasteiger partial charge in [-0.15, -0.1) is 11.3 Å². The van der Waals surface area contributed by atoms with Crippen LogP contribution in [0, 0.1) is 0 Å². The van der Waals surface area contributed by atoms with Crippen LogP contribution in [0.2, 0.25) is 0 Å². The molecule has 0 spiro atoms. The third kappa shape index (κ3) is 3.18. The van der Waals surface area contributed by atoms with Gasteiger partial charge in [-0.25, -0.2) is 4.98 Å². The molecule has 4 rings (SSSR count). The van der Waals surface area contributed by atoms with Crippen LogP contribution in [0.4, 0.5) is 5.69 Å². The van der Waals surface area contributed by atoms with Crippen molar-refractivity contribution in [1.29, 1.82) is 0 Å². The van der Waals surface area contributed by atoms with Crippen molar-refractivity contribution in [2.24, 2.45) is 0 Å². The number of imidazole rings is 1. The zero-order valence-electron chi connectivity index (χ0n) is 12.4. The number of aryl methyl sites for hydroxylation is 1. The Hall–Kier alpha value is -2.05. The fourth-order valence-corrected chi connectivity index (χ4v) is 4.23. The van der Waals surface area contributed by atoms with Crippen molar-refractivity contribution in [3.8, 4) is 11.3 Å². The van der Waals surface area contributed by atoms with E-state index in [-0.39, 0.29) is 5.91 Å². The van der Waals surface area contributed by atoms with Crippen molar-refractivity contribution in [3.63, 3.8) is 0 Å². The second kappa shape index (κ2) is 6.22. The number of rotatable bonds is 4. The van der Waals surface area contributed by atoms with Gasteiger partial charge in [-0.05, 0) is 23.6 Å². The summed E-state index contributed by atoms with van der Waals surface area (Å²) in [5.74, 6) is 1.11. The molecule has 3 aromatic rings. The summed E-state index contributed by atoms with van der Waals surface area (Å²) in [6.07, 6.45) is 2.50. The van der Waals surface area contributed by atoms with Gasteiger partial charge < -0.3 is 9.88 Å². The molecule has 4 nitrogen and oxygen atoms in total. The first-order chi connectivity index (χ1) is 11.3.